The molecule has 1 aromatic carbocycles. The van der Waals surface area contributed by atoms with Gasteiger partial charge in [-0.2, -0.15) is 0 Å². The Hall–Kier alpha value is -1.63. The van der Waals surface area contributed by atoms with Crippen LogP contribution in [0.3, 0.4) is 0 Å². The van der Waals surface area contributed by atoms with Gasteiger partial charge in [-0.1, -0.05) is 0 Å². The molecule has 0 spiro atoms. The van der Waals surface area contributed by atoms with Gasteiger partial charge in [0.05, 0.1) is 18.8 Å². The number of hydrogen-bond donors (Lipinski definition) is 2. The second-order valence-electron chi connectivity index (χ2n) is 8.45. The number of ether oxygens (including phenoxy) is 2. The molecule has 1 amide bonds. The number of hydrogen-bond acceptors (Lipinski definition) is 3. The molecule has 0 aliphatic carbocycles. The maximum absolute atomic E-state index is 12.7. The van der Waals surface area contributed by atoms with Crippen LogP contribution < -0.4 is 14.5 Å². The van der Waals surface area contributed by atoms with E-state index in [1.807, 2.05) is 4.90 Å². The summed E-state index contributed by atoms with van der Waals surface area (Å²) in [5.41, 5.74) is 2.76. The van der Waals surface area contributed by atoms with Crippen LogP contribution in [0, 0.1) is 0 Å². The Morgan fingerprint density at radius 3 is 2.56 bits per heavy atom. The van der Waals surface area contributed by atoms with Crippen molar-refractivity contribution in [3.05, 3.63) is 29.3 Å². The van der Waals surface area contributed by atoms with Gasteiger partial charge in [0, 0.05) is 25.1 Å². The standard InChI is InChI=1S/C21H31N3O3/c1-16-12-24(13-17(2)27-16)21(25)15-23-8-6-22(7-9-23)14-18-3-4-20-19(11-18)5-10-26-20/h3-4,11,16-17H,5-10,12-15H2,1-2H3/p+2/t16-,17+. The molecular weight excluding hydrogens is 342 g/mol. The third kappa shape index (κ3) is 4.62. The van der Waals surface area contributed by atoms with Crippen molar-refractivity contribution >= 4 is 5.91 Å². The number of morpholine rings is 1. The van der Waals surface area contributed by atoms with Gasteiger partial charge in [0.2, 0.25) is 0 Å². The molecule has 4 rings (SSSR count). The smallest absolute Gasteiger partial charge is 0.277 e. The zero-order valence-electron chi connectivity index (χ0n) is 16.6. The Kier molecular flexibility index (Phi) is 5.66. The summed E-state index contributed by atoms with van der Waals surface area (Å²) in [7, 11) is 0. The van der Waals surface area contributed by atoms with Gasteiger partial charge >= 0.3 is 0 Å². The largest absolute Gasteiger partial charge is 0.493 e. The normalized spacial score (nSPS) is 30.7. The van der Waals surface area contributed by atoms with Crippen molar-refractivity contribution in [3.8, 4) is 5.75 Å². The molecule has 3 aliphatic heterocycles. The minimum Gasteiger partial charge on any atom is -0.493 e. The lowest BCUT2D eigenvalue weighted by atomic mass is 10.1. The first-order valence-corrected chi connectivity index (χ1v) is 10.4. The number of benzene rings is 1. The molecule has 2 saturated heterocycles. The van der Waals surface area contributed by atoms with E-state index in [9.17, 15) is 4.79 Å². The average molecular weight is 376 g/mol. The molecule has 2 fully saturated rings. The zero-order chi connectivity index (χ0) is 18.8. The van der Waals surface area contributed by atoms with Gasteiger partial charge in [-0.15, -0.1) is 0 Å². The molecule has 3 aliphatic rings. The molecule has 0 unspecified atom stereocenters. The van der Waals surface area contributed by atoms with Gasteiger partial charge < -0.3 is 24.2 Å². The number of nitrogens with one attached hydrogen (secondary N) is 2. The predicted molar refractivity (Wildman–Crippen MR) is 102 cm³/mol. The van der Waals surface area contributed by atoms with Gasteiger partial charge in [0.1, 0.15) is 38.5 Å². The van der Waals surface area contributed by atoms with Crippen LogP contribution in [-0.2, 0) is 22.5 Å². The highest BCUT2D eigenvalue weighted by molar-refractivity contribution is 5.77. The maximum Gasteiger partial charge on any atom is 0.277 e. The quantitative estimate of drug-likeness (QED) is 0.676. The van der Waals surface area contributed by atoms with Gasteiger partial charge in [0.15, 0.2) is 6.54 Å². The van der Waals surface area contributed by atoms with E-state index in [2.05, 4.69) is 32.0 Å². The Morgan fingerprint density at radius 2 is 1.81 bits per heavy atom. The average Bonchev–Trinajstić information content (AvgIpc) is 3.10. The monoisotopic (exact) mass is 375 g/mol. The summed E-state index contributed by atoms with van der Waals surface area (Å²) in [5, 5.41) is 0. The Balaban J connectivity index is 1.23. The predicted octanol–water partition coefficient (Wildman–Crippen LogP) is -1.46. The SMILES string of the molecule is C[C@@H]1CN(C(=O)C[NH+]2CC[NH+](Cc3ccc4c(c3)CCO4)CC2)C[C@H](C)O1. The number of amides is 1. The van der Waals surface area contributed by atoms with Crippen LogP contribution >= 0.6 is 0 Å². The van der Waals surface area contributed by atoms with Crippen molar-refractivity contribution < 1.29 is 24.1 Å². The van der Waals surface area contributed by atoms with Crippen LogP contribution in [0.25, 0.3) is 0 Å². The maximum atomic E-state index is 12.7. The highest BCUT2D eigenvalue weighted by Gasteiger charge is 2.30. The summed E-state index contributed by atoms with van der Waals surface area (Å²) in [4.78, 5) is 17.7. The van der Waals surface area contributed by atoms with Crippen molar-refractivity contribution in [1.82, 2.24) is 4.90 Å². The van der Waals surface area contributed by atoms with E-state index in [0.717, 1.165) is 64.6 Å². The van der Waals surface area contributed by atoms with Crippen molar-refractivity contribution in [2.24, 2.45) is 0 Å². The third-order valence-electron chi connectivity index (χ3n) is 6.05. The zero-order valence-corrected chi connectivity index (χ0v) is 16.6. The summed E-state index contributed by atoms with van der Waals surface area (Å²) in [5.74, 6) is 1.35. The van der Waals surface area contributed by atoms with E-state index in [-0.39, 0.29) is 18.1 Å². The fourth-order valence-corrected chi connectivity index (χ4v) is 4.66. The first kappa shape index (κ1) is 18.7. The fraction of sp³-hybridized carbons (Fsp3) is 0.667. The first-order chi connectivity index (χ1) is 13.1. The van der Waals surface area contributed by atoms with Crippen LogP contribution in [0.2, 0.25) is 0 Å². The number of carbonyl (C=O) groups excluding carboxylic acids is 1. The molecule has 148 valence electrons. The Labute approximate surface area is 162 Å². The van der Waals surface area contributed by atoms with E-state index in [1.54, 1.807) is 4.90 Å². The summed E-state index contributed by atoms with van der Waals surface area (Å²) in [6, 6.07) is 6.65. The topological polar surface area (TPSA) is 47.7 Å². The number of piperazine rings is 1. The summed E-state index contributed by atoms with van der Waals surface area (Å²) < 4.78 is 11.3. The molecule has 2 N–H and O–H groups in total. The minimum absolute atomic E-state index is 0.145. The molecule has 6 nitrogen and oxygen atoms in total. The van der Waals surface area contributed by atoms with Crippen LogP contribution in [0.1, 0.15) is 25.0 Å². The van der Waals surface area contributed by atoms with Crippen LogP contribution in [0.5, 0.6) is 5.75 Å². The van der Waals surface area contributed by atoms with E-state index in [4.69, 9.17) is 9.47 Å². The molecule has 2 atom stereocenters. The van der Waals surface area contributed by atoms with Gasteiger partial charge in [-0.3, -0.25) is 4.79 Å². The lowest BCUT2D eigenvalue weighted by Gasteiger charge is -2.36. The fourth-order valence-electron chi connectivity index (χ4n) is 4.66. The third-order valence-corrected chi connectivity index (χ3v) is 6.05. The Bertz CT molecular complexity index is 663. The van der Waals surface area contributed by atoms with E-state index in [1.165, 1.54) is 16.0 Å². The molecule has 0 saturated carbocycles. The molecule has 0 radical (unpaired) electrons. The van der Waals surface area contributed by atoms with Crippen LogP contribution in [0.4, 0.5) is 0 Å². The number of rotatable bonds is 4. The van der Waals surface area contributed by atoms with Crippen molar-refractivity contribution in [2.75, 3.05) is 52.4 Å². The summed E-state index contributed by atoms with van der Waals surface area (Å²) >= 11 is 0. The molecule has 27 heavy (non-hydrogen) atoms. The summed E-state index contributed by atoms with van der Waals surface area (Å²) in [6.45, 7) is 12.5. The molecular formula is C21H33N3O3+2. The number of carbonyl (C=O) groups is 1. The van der Waals surface area contributed by atoms with Crippen LogP contribution in [0.15, 0.2) is 18.2 Å². The highest BCUT2D eigenvalue weighted by atomic mass is 16.5. The molecule has 6 heteroatoms. The van der Waals surface area contributed by atoms with Gasteiger partial charge in [-0.05, 0) is 37.6 Å². The lowest BCUT2D eigenvalue weighted by molar-refractivity contribution is -1.02. The molecule has 3 heterocycles. The Morgan fingerprint density at radius 1 is 1.11 bits per heavy atom. The van der Waals surface area contributed by atoms with E-state index < -0.39 is 0 Å². The number of fused-ring (bicyclic) bond motifs is 1. The molecule has 1 aromatic rings. The minimum atomic E-state index is 0.145. The summed E-state index contributed by atoms with van der Waals surface area (Å²) in [6.07, 6.45) is 1.33. The van der Waals surface area contributed by atoms with E-state index in [0.29, 0.717) is 6.54 Å². The van der Waals surface area contributed by atoms with E-state index >= 15 is 0 Å². The number of quaternary nitrogens is 2. The highest BCUT2D eigenvalue weighted by Crippen LogP contribution is 2.25. The van der Waals surface area contributed by atoms with Crippen molar-refractivity contribution in [3.63, 3.8) is 0 Å². The van der Waals surface area contributed by atoms with Crippen molar-refractivity contribution in [2.45, 2.75) is 39.0 Å². The molecule has 0 aromatic heterocycles. The van der Waals surface area contributed by atoms with Gasteiger partial charge in [-0.25, -0.2) is 0 Å². The lowest BCUT2D eigenvalue weighted by Crippen LogP contribution is -3.28. The second kappa shape index (κ2) is 8.17. The van der Waals surface area contributed by atoms with Gasteiger partial charge in [0.25, 0.3) is 5.91 Å². The van der Waals surface area contributed by atoms with Crippen molar-refractivity contribution in [1.29, 1.82) is 0 Å². The van der Waals surface area contributed by atoms with Crippen LogP contribution in [-0.4, -0.2) is 75.4 Å². The second-order valence-corrected chi connectivity index (χ2v) is 8.45. The number of nitrogens with zero attached hydrogens (tertiary/aromatic N) is 1. The molecule has 0 bridgehead atoms. The first-order valence-electron chi connectivity index (χ1n) is 10.4.